The molecule has 1 rings (SSSR count). The summed E-state index contributed by atoms with van der Waals surface area (Å²) in [5, 5.41) is 30.9. The van der Waals surface area contributed by atoms with Crippen LogP contribution in [0.4, 0.5) is 0 Å². The molecular weight excluding hydrogens is 885 g/mol. The van der Waals surface area contributed by atoms with Gasteiger partial charge in [-0.2, -0.15) is 8.42 Å². The first-order valence-electron chi connectivity index (χ1n) is 25.4. The van der Waals surface area contributed by atoms with E-state index in [1.807, 2.05) is 30.4 Å². The maximum Gasteiger partial charge on any atom is 0.306 e. The van der Waals surface area contributed by atoms with Crippen LogP contribution >= 0.6 is 0 Å². The molecule has 0 amide bonds. The summed E-state index contributed by atoms with van der Waals surface area (Å²) in [6, 6.07) is 0. The van der Waals surface area contributed by atoms with Crippen LogP contribution in [0, 0.1) is 0 Å². The Morgan fingerprint density at radius 3 is 1.40 bits per heavy atom. The van der Waals surface area contributed by atoms with Gasteiger partial charge >= 0.3 is 11.9 Å². The molecule has 0 radical (unpaired) electrons. The number of ether oxygens (including phenoxy) is 4. The van der Waals surface area contributed by atoms with Crippen LogP contribution in [0.2, 0.25) is 0 Å². The number of hydrogen-bond acceptors (Lipinski definition) is 11. The lowest BCUT2D eigenvalue weighted by Gasteiger charge is -2.40. The number of allylic oxidation sites excluding steroid dienone is 18. The summed E-state index contributed by atoms with van der Waals surface area (Å²) in [5.41, 5.74) is 0. The van der Waals surface area contributed by atoms with Gasteiger partial charge in [0.15, 0.2) is 12.4 Å². The lowest BCUT2D eigenvalue weighted by atomic mass is 10.00. The molecule has 0 aromatic heterocycles. The van der Waals surface area contributed by atoms with E-state index in [0.717, 1.165) is 51.4 Å². The van der Waals surface area contributed by atoms with Crippen LogP contribution in [-0.2, 0) is 38.7 Å². The van der Waals surface area contributed by atoms with E-state index in [-0.39, 0.29) is 19.4 Å². The molecule has 13 heteroatoms. The van der Waals surface area contributed by atoms with Gasteiger partial charge in [-0.15, -0.1) is 0 Å². The van der Waals surface area contributed by atoms with Gasteiger partial charge in [0.05, 0.1) is 6.61 Å². The van der Waals surface area contributed by atoms with Crippen molar-refractivity contribution in [2.24, 2.45) is 0 Å². The van der Waals surface area contributed by atoms with E-state index in [4.69, 9.17) is 18.9 Å². The van der Waals surface area contributed by atoms with Gasteiger partial charge in [0.25, 0.3) is 10.1 Å². The number of aliphatic hydroxyl groups excluding tert-OH is 3. The fourth-order valence-electron chi connectivity index (χ4n) is 6.89. The lowest BCUT2D eigenvalue weighted by molar-refractivity contribution is -0.297. The van der Waals surface area contributed by atoms with E-state index in [1.54, 1.807) is 0 Å². The van der Waals surface area contributed by atoms with E-state index >= 15 is 0 Å². The van der Waals surface area contributed by atoms with E-state index in [1.165, 1.54) is 64.2 Å². The Kier molecular flexibility index (Phi) is 39.7. The zero-order valence-electron chi connectivity index (χ0n) is 41.4. The normalized spacial score (nSPS) is 20.1. The molecule has 0 aliphatic carbocycles. The summed E-state index contributed by atoms with van der Waals surface area (Å²) in [7, 11) is -4.63. The highest BCUT2D eigenvalue weighted by Gasteiger charge is 2.46. The monoisotopic (exact) mass is 973 g/mol. The van der Waals surface area contributed by atoms with Crippen molar-refractivity contribution in [2.45, 2.75) is 205 Å². The molecule has 1 saturated heterocycles. The van der Waals surface area contributed by atoms with E-state index < -0.39 is 71.2 Å². The molecule has 1 aliphatic heterocycles. The van der Waals surface area contributed by atoms with Gasteiger partial charge < -0.3 is 34.3 Å². The molecule has 1 heterocycles. The van der Waals surface area contributed by atoms with Crippen molar-refractivity contribution in [1.82, 2.24) is 0 Å². The van der Waals surface area contributed by atoms with Crippen molar-refractivity contribution >= 4 is 22.1 Å². The highest BCUT2D eigenvalue weighted by molar-refractivity contribution is 7.85. The highest BCUT2D eigenvalue weighted by Crippen LogP contribution is 2.24. The van der Waals surface area contributed by atoms with Crippen molar-refractivity contribution in [2.75, 3.05) is 19.0 Å². The van der Waals surface area contributed by atoms with Gasteiger partial charge in [0, 0.05) is 12.8 Å². The number of carbonyl (C=O) groups is 2. The van der Waals surface area contributed by atoms with Crippen molar-refractivity contribution < 1.29 is 56.8 Å². The van der Waals surface area contributed by atoms with Gasteiger partial charge in [-0.3, -0.25) is 14.1 Å². The van der Waals surface area contributed by atoms with Gasteiger partial charge in [-0.1, -0.05) is 175 Å². The van der Waals surface area contributed by atoms with Crippen LogP contribution in [-0.4, -0.2) is 96.0 Å². The number of unbranched alkanes of at least 4 members (excludes halogenated alkanes) is 11. The summed E-state index contributed by atoms with van der Waals surface area (Å²) >= 11 is 0. The van der Waals surface area contributed by atoms with Crippen molar-refractivity contribution in [3.05, 3.63) is 109 Å². The fourth-order valence-corrected chi connectivity index (χ4v) is 7.58. The molecular formula is C55H88O12S. The van der Waals surface area contributed by atoms with E-state index in [9.17, 15) is 37.9 Å². The third-order valence-corrected chi connectivity index (χ3v) is 11.6. The third kappa shape index (κ3) is 37.2. The summed E-state index contributed by atoms with van der Waals surface area (Å²) in [5.74, 6) is -2.18. The second-order valence-corrected chi connectivity index (χ2v) is 18.6. The predicted molar refractivity (Wildman–Crippen MR) is 274 cm³/mol. The van der Waals surface area contributed by atoms with Crippen LogP contribution < -0.4 is 0 Å². The first-order chi connectivity index (χ1) is 33.0. The van der Waals surface area contributed by atoms with E-state index in [0.29, 0.717) is 25.7 Å². The van der Waals surface area contributed by atoms with Gasteiger partial charge in [0.1, 0.15) is 36.8 Å². The SMILES string of the molecule is CCCCC/C=C/C/C=C/C/C=C/C/C=C/C/C=C/CCC(=O)O[C@H](COC(=O)CCC/C=C/C/C=C/C/C=C/C/C=C/CCCCCCCCC)CO[C@H]1O[C@H](CS(=O)(=O)O)[C@@H](O)C(O)C1O. The topological polar surface area (TPSA) is 186 Å². The molecule has 2 unspecified atom stereocenters. The number of aliphatic hydroxyl groups is 3. The highest BCUT2D eigenvalue weighted by atomic mass is 32.2. The number of esters is 2. The summed E-state index contributed by atoms with van der Waals surface area (Å²) in [6.45, 7) is 3.62. The molecule has 0 bridgehead atoms. The fraction of sp³-hybridized carbons (Fsp3) is 0.636. The number of carbonyl (C=O) groups excluding carboxylic acids is 2. The van der Waals surface area contributed by atoms with Gasteiger partial charge in [-0.05, 0) is 89.9 Å². The molecule has 0 aromatic carbocycles. The Bertz CT molecular complexity index is 1660. The Balaban J connectivity index is 2.50. The Morgan fingerprint density at radius 2 is 0.912 bits per heavy atom. The molecule has 1 aliphatic rings. The maximum absolute atomic E-state index is 12.8. The molecule has 0 saturated carbocycles. The maximum atomic E-state index is 12.8. The largest absolute Gasteiger partial charge is 0.462 e. The molecule has 68 heavy (non-hydrogen) atoms. The van der Waals surface area contributed by atoms with Crippen LogP contribution in [0.25, 0.3) is 0 Å². The third-order valence-electron chi connectivity index (χ3n) is 10.8. The molecule has 386 valence electrons. The van der Waals surface area contributed by atoms with Crippen molar-refractivity contribution in [1.29, 1.82) is 0 Å². The molecule has 6 atom stereocenters. The first-order valence-corrected chi connectivity index (χ1v) is 27.1. The molecule has 0 spiro atoms. The minimum absolute atomic E-state index is 0.0225. The summed E-state index contributed by atoms with van der Waals surface area (Å²) < 4.78 is 54.1. The Labute approximate surface area is 410 Å². The van der Waals surface area contributed by atoms with Crippen LogP contribution in [0.1, 0.15) is 168 Å². The van der Waals surface area contributed by atoms with Crippen molar-refractivity contribution in [3.63, 3.8) is 0 Å². The molecule has 0 aromatic rings. The molecule has 12 nitrogen and oxygen atoms in total. The Hall–Kier alpha value is -3.69. The minimum Gasteiger partial charge on any atom is -0.462 e. The number of hydrogen-bond donors (Lipinski definition) is 4. The summed E-state index contributed by atoms with van der Waals surface area (Å²) in [6.07, 6.45) is 51.5. The number of rotatable bonds is 41. The van der Waals surface area contributed by atoms with E-state index in [2.05, 4.69) is 92.8 Å². The first kappa shape index (κ1) is 62.3. The zero-order valence-corrected chi connectivity index (χ0v) is 42.2. The predicted octanol–water partition coefficient (Wildman–Crippen LogP) is 11.6. The summed E-state index contributed by atoms with van der Waals surface area (Å²) in [4.78, 5) is 25.5. The quantitative estimate of drug-likeness (QED) is 0.0197. The van der Waals surface area contributed by atoms with Gasteiger partial charge in [-0.25, -0.2) is 0 Å². The minimum atomic E-state index is -4.63. The molecule has 4 N–H and O–H groups in total. The van der Waals surface area contributed by atoms with Crippen LogP contribution in [0.5, 0.6) is 0 Å². The Morgan fingerprint density at radius 1 is 0.500 bits per heavy atom. The zero-order chi connectivity index (χ0) is 49.8. The molecule has 1 fully saturated rings. The van der Waals surface area contributed by atoms with Crippen molar-refractivity contribution in [3.8, 4) is 0 Å². The van der Waals surface area contributed by atoms with Crippen LogP contribution in [0.3, 0.4) is 0 Å². The smallest absolute Gasteiger partial charge is 0.306 e. The second-order valence-electron chi connectivity index (χ2n) is 17.1. The second kappa shape index (κ2) is 43.3. The lowest BCUT2D eigenvalue weighted by Crippen LogP contribution is -2.60. The standard InChI is InChI=1S/C55H88O12S/c1-3-5-7-9-11-13-15-17-19-21-23-24-26-27-29-31-33-35-37-39-41-43-50(56)64-45-48(46-65-55-54(60)53(59)52(58)49(67-55)47-68(61,62)63)66-51(57)44-42-40-38-36-34-32-30-28-25-22-20-18-16-14-12-10-8-6-4-2/h12,14,18-21,24-26,28-29,31-32,34-35,37-38,40,48-49,52-55,58-60H,3-11,13,15-17,22-23,27,30,33,36,39,41-47H2,1-2H3,(H,61,62,63)/b14-12+,20-18+,21-19+,26-24+,28-25+,31-29+,34-32+,37-35+,40-38+/t48-,49-,52-,53?,54?,55+/m1/s1. The average molecular weight is 973 g/mol. The van der Waals surface area contributed by atoms with Crippen LogP contribution in [0.15, 0.2) is 109 Å². The average Bonchev–Trinajstić information content (AvgIpc) is 3.31. The van der Waals surface area contributed by atoms with Gasteiger partial charge in [0.2, 0.25) is 0 Å².